The number of nitrogens with zero attached hydrogens (tertiary/aromatic N) is 1. The summed E-state index contributed by atoms with van der Waals surface area (Å²) in [6.45, 7) is 7.97. The van der Waals surface area contributed by atoms with Gasteiger partial charge in [-0.1, -0.05) is 19.9 Å². The number of nitrogens with one attached hydrogen (secondary N) is 1. The molecule has 21 heavy (non-hydrogen) atoms. The van der Waals surface area contributed by atoms with Crippen molar-refractivity contribution < 1.29 is 13.6 Å². The van der Waals surface area contributed by atoms with Gasteiger partial charge in [-0.15, -0.1) is 0 Å². The Morgan fingerprint density at radius 1 is 1.24 bits per heavy atom. The highest BCUT2D eigenvalue weighted by molar-refractivity contribution is 5.84. The molecule has 1 N–H and O–H groups in total. The molecule has 1 heterocycles. The SMILES string of the molecule is CC(C)CC(C)N1C(=O)C(C)NC1c1ccc(F)c(F)c1. The molecule has 0 spiro atoms. The lowest BCUT2D eigenvalue weighted by Crippen LogP contribution is -2.39. The van der Waals surface area contributed by atoms with Crippen molar-refractivity contribution in [3.63, 3.8) is 0 Å². The Morgan fingerprint density at radius 2 is 1.90 bits per heavy atom. The summed E-state index contributed by atoms with van der Waals surface area (Å²) in [5.41, 5.74) is 0.571. The Morgan fingerprint density at radius 3 is 2.48 bits per heavy atom. The second kappa shape index (κ2) is 6.10. The minimum absolute atomic E-state index is 0.00196. The van der Waals surface area contributed by atoms with Crippen LogP contribution in [0.2, 0.25) is 0 Å². The first-order valence-electron chi connectivity index (χ1n) is 7.34. The Labute approximate surface area is 124 Å². The number of rotatable bonds is 4. The van der Waals surface area contributed by atoms with E-state index in [1.165, 1.54) is 6.07 Å². The van der Waals surface area contributed by atoms with E-state index in [-0.39, 0.29) is 18.0 Å². The highest BCUT2D eigenvalue weighted by Crippen LogP contribution is 2.30. The molecule has 3 nitrogen and oxygen atoms in total. The molecule has 5 heteroatoms. The van der Waals surface area contributed by atoms with Crippen molar-refractivity contribution in [3.8, 4) is 0 Å². The van der Waals surface area contributed by atoms with E-state index in [0.717, 1.165) is 18.6 Å². The molecule has 1 fully saturated rings. The maximum absolute atomic E-state index is 13.5. The summed E-state index contributed by atoms with van der Waals surface area (Å²) in [7, 11) is 0. The van der Waals surface area contributed by atoms with Crippen LogP contribution in [0.15, 0.2) is 18.2 Å². The van der Waals surface area contributed by atoms with Gasteiger partial charge in [0.1, 0.15) is 6.17 Å². The lowest BCUT2D eigenvalue weighted by molar-refractivity contribution is -0.132. The maximum Gasteiger partial charge on any atom is 0.241 e. The van der Waals surface area contributed by atoms with E-state index in [9.17, 15) is 13.6 Å². The average Bonchev–Trinajstić information content (AvgIpc) is 2.68. The van der Waals surface area contributed by atoms with Crippen molar-refractivity contribution in [1.29, 1.82) is 0 Å². The van der Waals surface area contributed by atoms with Gasteiger partial charge in [0.15, 0.2) is 11.6 Å². The first-order chi connectivity index (χ1) is 9.81. The highest BCUT2D eigenvalue weighted by atomic mass is 19.2. The first kappa shape index (κ1) is 15.9. The van der Waals surface area contributed by atoms with Gasteiger partial charge in [-0.2, -0.15) is 0 Å². The molecule has 0 aromatic heterocycles. The zero-order chi connectivity index (χ0) is 15.7. The van der Waals surface area contributed by atoms with Gasteiger partial charge in [-0.3, -0.25) is 10.1 Å². The standard InChI is InChI=1S/C16H22F2N2O/c1-9(2)7-10(3)20-15(19-11(4)16(20)21)12-5-6-13(17)14(18)8-12/h5-6,8-11,15,19H,7H2,1-4H3. The van der Waals surface area contributed by atoms with Crippen molar-refractivity contribution in [2.75, 3.05) is 0 Å². The minimum Gasteiger partial charge on any atom is -0.319 e. The van der Waals surface area contributed by atoms with Crippen LogP contribution in [-0.4, -0.2) is 22.9 Å². The molecule has 0 saturated carbocycles. The Hall–Kier alpha value is -1.49. The van der Waals surface area contributed by atoms with Gasteiger partial charge in [0.2, 0.25) is 5.91 Å². The summed E-state index contributed by atoms with van der Waals surface area (Å²) in [6.07, 6.45) is 0.455. The highest BCUT2D eigenvalue weighted by Gasteiger charge is 2.39. The monoisotopic (exact) mass is 296 g/mol. The molecule has 1 amide bonds. The summed E-state index contributed by atoms with van der Waals surface area (Å²) >= 11 is 0. The van der Waals surface area contributed by atoms with E-state index in [1.807, 2.05) is 6.92 Å². The molecule has 116 valence electrons. The molecule has 0 aliphatic carbocycles. The number of carbonyl (C=O) groups is 1. The molecule has 3 atom stereocenters. The Bertz CT molecular complexity index is 533. The fourth-order valence-corrected chi connectivity index (χ4v) is 2.95. The number of hydrogen-bond acceptors (Lipinski definition) is 2. The third-order valence-corrected chi connectivity index (χ3v) is 3.86. The summed E-state index contributed by atoms with van der Waals surface area (Å²) in [4.78, 5) is 14.1. The van der Waals surface area contributed by atoms with E-state index in [1.54, 1.807) is 11.8 Å². The van der Waals surface area contributed by atoms with E-state index in [2.05, 4.69) is 19.2 Å². The zero-order valence-corrected chi connectivity index (χ0v) is 12.9. The molecule has 1 aliphatic rings. The summed E-state index contributed by atoms with van der Waals surface area (Å²) in [5, 5.41) is 3.16. The number of halogens is 2. The van der Waals surface area contributed by atoms with Gasteiger partial charge < -0.3 is 4.90 Å². The molecule has 3 unspecified atom stereocenters. The molecule has 1 aromatic rings. The van der Waals surface area contributed by atoms with Crippen LogP contribution in [0, 0.1) is 17.6 Å². The van der Waals surface area contributed by atoms with Crippen molar-refractivity contribution in [2.24, 2.45) is 5.92 Å². The van der Waals surface area contributed by atoms with Crippen molar-refractivity contribution in [1.82, 2.24) is 10.2 Å². The van der Waals surface area contributed by atoms with Crippen LogP contribution in [0.1, 0.15) is 45.8 Å². The van der Waals surface area contributed by atoms with E-state index in [4.69, 9.17) is 0 Å². The molecule has 0 radical (unpaired) electrons. The predicted octanol–water partition coefficient (Wildman–Crippen LogP) is 3.22. The molecular weight excluding hydrogens is 274 g/mol. The van der Waals surface area contributed by atoms with Gasteiger partial charge in [0, 0.05) is 6.04 Å². The Kier molecular flexibility index (Phi) is 4.61. The third-order valence-electron chi connectivity index (χ3n) is 3.86. The normalized spacial score (nSPS) is 24.0. The topological polar surface area (TPSA) is 32.3 Å². The molecule has 1 aliphatic heterocycles. The van der Waals surface area contributed by atoms with Crippen molar-refractivity contribution in [2.45, 2.75) is 52.4 Å². The first-order valence-corrected chi connectivity index (χ1v) is 7.34. The summed E-state index contributed by atoms with van der Waals surface area (Å²) in [6, 6.07) is 3.50. The molecule has 1 saturated heterocycles. The molecule has 0 bridgehead atoms. The fourth-order valence-electron chi connectivity index (χ4n) is 2.95. The van der Waals surface area contributed by atoms with Crippen molar-refractivity contribution >= 4 is 5.91 Å². The number of amides is 1. The van der Waals surface area contributed by atoms with Crippen LogP contribution in [0.4, 0.5) is 8.78 Å². The molecule has 1 aromatic carbocycles. The second-order valence-electron chi connectivity index (χ2n) is 6.19. The molecular formula is C16H22F2N2O. The Balaban J connectivity index is 2.31. The molecule has 2 rings (SSSR count). The largest absolute Gasteiger partial charge is 0.319 e. The third kappa shape index (κ3) is 3.23. The van der Waals surface area contributed by atoms with Crippen LogP contribution >= 0.6 is 0 Å². The van der Waals surface area contributed by atoms with Crippen LogP contribution < -0.4 is 5.32 Å². The van der Waals surface area contributed by atoms with Gasteiger partial charge >= 0.3 is 0 Å². The lowest BCUT2D eigenvalue weighted by atomic mass is 10.0. The van der Waals surface area contributed by atoms with Crippen molar-refractivity contribution in [3.05, 3.63) is 35.4 Å². The summed E-state index contributed by atoms with van der Waals surface area (Å²) < 4.78 is 26.5. The average molecular weight is 296 g/mol. The van der Waals surface area contributed by atoms with Crippen LogP contribution in [-0.2, 0) is 4.79 Å². The number of hydrogen-bond donors (Lipinski definition) is 1. The van der Waals surface area contributed by atoms with Gasteiger partial charge in [-0.25, -0.2) is 8.78 Å². The van der Waals surface area contributed by atoms with Crippen LogP contribution in [0.5, 0.6) is 0 Å². The van der Waals surface area contributed by atoms with E-state index < -0.39 is 17.8 Å². The second-order valence-corrected chi connectivity index (χ2v) is 6.19. The number of benzene rings is 1. The maximum atomic E-state index is 13.5. The zero-order valence-electron chi connectivity index (χ0n) is 12.9. The lowest BCUT2D eigenvalue weighted by Gasteiger charge is -2.31. The summed E-state index contributed by atoms with van der Waals surface area (Å²) in [5.74, 6) is -1.32. The smallest absolute Gasteiger partial charge is 0.241 e. The van der Waals surface area contributed by atoms with E-state index in [0.29, 0.717) is 11.5 Å². The van der Waals surface area contributed by atoms with Gasteiger partial charge in [0.05, 0.1) is 6.04 Å². The van der Waals surface area contributed by atoms with Crippen LogP contribution in [0.25, 0.3) is 0 Å². The van der Waals surface area contributed by atoms with Gasteiger partial charge in [0.25, 0.3) is 0 Å². The van der Waals surface area contributed by atoms with E-state index >= 15 is 0 Å². The number of carbonyl (C=O) groups excluding carboxylic acids is 1. The fraction of sp³-hybridized carbons (Fsp3) is 0.562. The quantitative estimate of drug-likeness (QED) is 0.925. The van der Waals surface area contributed by atoms with Gasteiger partial charge in [-0.05, 0) is 43.9 Å². The minimum atomic E-state index is -0.891. The predicted molar refractivity (Wildman–Crippen MR) is 77.5 cm³/mol. The van der Waals surface area contributed by atoms with Crippen LogP contribution in [0.3, 0.4) is 0 Å².